The molecule has 2 heterocycles. The van der Waals surface area contributed by atoms with Crippen molar-refractivity contribution in [2.75, 3.05) is 31.6 Å². The van der Waals surface area contributed by atoms with Gasteiger partial charge >= 0.3 is 0 Å². The van der Waals surface area contributed by atoms with Crippen molar-refractivity contribution in [2.45, 2.75) is 51.2 Å². The fraction of sp³-hybridized carbons (Fsp3) is 0.632. The average molecular weight is 349 g/mol. The van der Waals surface area contributed by atoms with Gasteiger partial charge < -0.3 is 19.7 Å². The minimum absolute atomic E-state index is 0.356. The second kappa shape index (κ2) is 8.28. The molecule has 2 saturated heterocycles. The normalized spacial score (nSPS) is 20.1. The van der Waals surface area contributed by atoms with E-state index in [1.54, 1.807) is 0 Å². The van der Waals surface area contributed by atoms with E-state index >= 15 is 0 Å². The number of anilines is 1. The maximum Gasteiger partial charge on any atom is 0.173 e. The van der Waals surface area contributed by atoms with E-state index in [9.17, 15) is 0 Å². The van der Waals surface area contributed by atoms with E-state index in [0.717, 1.165) is 62.8 Å². The number of unbranched alkanes of at least 4 members (excludes halogenated alkanes) is 1. The molecule has 0 amide bonds. The molecule has 0 aliphatic carbocycles. The zero-order valence-corrected chi connectivity index (χ0v) is 15.4. The Kier molecular flexibility index (Phi) is 6.09. The van der Waals surface area contributed by atoms with Crippen LogP contribution in [0.1, 0.15) is 44.6 Å². The lowest BCUT2D eigenvalue weighted by molar-refractivity contribution is -0.281. The standard InChI is InChI=1S/C19H28N2O2S/c1-2-3-5-16-6-8-17(9-7-16)20-18(24)21-12-10-19(11-13-21)22-14-4-15-23-19/h6-9H,2-5,10-15H2,1H3,(H,20,24). The third-order valence-corrected chi connectivity index (χ3v) is 5.22. The number of piperidine rings is 1. The lowest BCUT2D eigenvalue weighted by Crippen LogP contribution is -2.52. The Morgan fingerprint density at radius 3 is 2.46 bits per heavy atom. The van der Waals surface area contributed by atoms with Crippen molar-refractivity contribution in [2.24, 2.45) is 0 Å². The zero-order valence-electron chi connectivity index (χ0n) is 14.6. The number of nitrogens with one attached hydrogen (secondary N) is 1. The molecule has 0 bridgehead atoms. The molecule has 0 saturated carbocycles. The van der Waals surface area contributed by atoms with Crippen LogP contribution in [-0.2, 0) is 15.9 Å². The van der Waals surface area contributed by atoms with Crippen LogP contribution in [0.25, 0.3) is 0 Å². The van der Waals surface area contributed by atoms with Gasteiger partial charge in [-0.2, -0.15) is 0 Å². The molecule has 0 unspecified atom stereocenters. The highest BCUT2D eigenvalue weighted by Gasteiger charge is 2.38. The van der Waals surface area contributed by atoms with Gasteiger partial charge in [0.2, 0.25) is 0 Å². The number of rotatable bonds is 4. The topological polar surface area (TPSA) is 33.7 Å². The van der Waals surface area contributed by atoms with E-state index in [4.69, 9.17) is 21.7 Å². The van der Waals surface area contributed by atoms with E-state index in [1.807, 2.05) is 0 Å². The summed E-state index contributed by atoms with van der Waals surface area (Å²) in [6.45, 7) is 5.60. The molecule has 0 atom stereocenters. The number of nitrogens with zero attached hydrogens (tertiary/aromatic N) is 1. The van der Waals surface area contributed by atoms with Crippen molar-refractivity contribution in [3.63, 3.8) is 0 Å². The van der Waals surface area contributed by atoms with E-state index in [-0.39, 0.29) is 5.79 Å². The van der Waals surface area contributed by atoms with Crippen molar-refractivity contribution in [1.82, 2.24) is 4.90 Å². The smallest absolute Gasteiger partial charge is 0.173 e. The summed E-state index contributed by atoms with van der Waals surface area (Å²) >= 11 is 5.58. The summed E-state index contributed by atoms with van der Waals surface area (Å²) in [6, 6.07) is 8.62. The molecule has 2 fully saturated rings. The Balaban J connectivity index is 1.48. The van der Waals surface area contributed by atoms with Crippen molar-refractivity contribution in [3.8, 4) is 0 Å². The van der Waals surface area contributed by atoms with E-state index in [1.165, 1.54) is 18.4 Å². The molecule has 1 aromatic rings. The maximum atomic E-state index is 5.89. The third kappa shape index (κ3) is 4.47. The summed E-state index contributed by atoms with van der Waals surface area (Å²) in [7, 11) is 0. The molecule has 3 rings (SSSR count). The van der Waals surface area contributed by atoms with E-state index in [0.29, 0.717) is 0 Å². The molecule has 1 spiro atoms. The van der Waals surface area contributed by atoms with Crippen molar-refractivity contribution >= 4 is 23.0 Å². The Bertz CT molecular complexity index is 531. The lowest BCUT2D eigenvalue weighted by atomic mass is 10.0. The van der Waals surface area contributed by atoms with Crippen LogP contribution >= 0.6 is 12.2 Å². The third-order valence-electron chi connectivity index (χ3n) is 4.86. The van der Waals surface area contributed by atoms with Crippen LogP contribution in [0.2, 0.25) is 0 Å². The van der Waals surface area contributed by atoms with E-state index in [2.05, 4.69) is 41.4 Å². The SMILES string of the molecule is CCCCc1ccc(NC(=S)N2CCC3(CC2)OCCCO3)cc1. The molecule has 2 aliphatic heterocycles. The zero-order chi connectivity index (χ0) is 16.8. The van der Waals surface area contributed by atoms with Gasteiger partial charge in [0, 0.05) is 31.6 Å². The lowest BCUT2D eigenvalue weighted by Gasteiger charge is -2.44. The molecule has 0 aromatic heterocycles. The quantitative estimate of drug-likeness (QED) is 0.833. The van der Waals surface area contributed by atoms with Crippen LogP contribution in [0.4, 0.5) is 5.69 Å². The van der Waals surface area contributed by atoms with Gasteiger partial charge in [-0.25, -0.2) is 0 Å². The van der Waals surface area contributed by atoms with Gasteiger partial charge in [0.1, 0.15) is 0 Å². The Morgan fingerprint density at radius 1 is 1.17 bits per heavy atom. The van der Waals surface area contributed by atoms with Gasteiger partial charge in [-0.1, -0.05) is 25.5 Å². The number of aryl methyl sites for hydroxylation is 1. The van der Waals surface area contributed by atoms with Gasteiger partial charge in [0.15, 0.2) is 10.9 Å². The number of hydrogen-bond donors (Lipinski definition) is 1. The number of likely N-dealkylation sites (tertiary alicyclic amines) is 1. The van der Waals surface area contributed by atoms with Crippen molar-refractivity contribution < 1.29 is 9.47 Å². The fourth-order valence-corrected chi connectivity index (χ4v) is 3.59. The molecule has 1 aromatic carbocycles. The largest absolute Gasteiger partial charge is 0.350 e. The fourth-order valence-electron chi connectivity index (χ4n) is 3.29. The van der Waals surface area contributed by atoms with Gasteiger partial charge in [-0.3, -0.25) is 0 Å². The first-order valence-electron chi connectivity index (χ1n) is 9.13. The second-order valence-corrected chi connectivity index (χ2v) is 7.07. The highest BCUT2D eigenvalue weighted by atomic mass is 32.1. The molecule has 132 valence electrons. The molecular formula is C19H28N2O2S. The van der Waals surface area contributed by atoms with Crippen LogP contribution in [0.5, 0.6) is 0 Å². The van der Waals surface area contributed by atoms with Crippen LogP contribution in [0.15, 0.2) is 24.3 Å². The first-order chi connectivity index (χ1) is 11.7. The van der Waals surface area contributed by atoms with E-state index < -0.39 is 0 Å². The van der Waals surface area contributed by atoms with Crippen LogP contribution in [0, 0.1) is 0 Å². The summed E-state index contributed by atoms with van der Waals surface area (Å²) in [4.78, 5) is 2.22. The summed E-state index contributed by atoms with van der Waals surface area (Å²) in [5.41, 5.74) is 2.45. The summed E-state index contributed by atoms with van der Waals surface area (Å²) in [5, 5.41) is 4.16. The summed E-state index contributed by atoms with van der Waals surface area (Å²) in [5.74, 6) is -0.356. The Hall–Kier alpha value is -1.17. The molecule has 5 heteroatoms. The Labute approximate surface area is 150 Å². The molecule has 0 radical (unpaired) electrons. The first-order valence-corrected chi connectivity index (χ1v) is 9.54. The molecular weight excluding hydrogens is 320 g/mol. The summed E-state index contributed by atoms with van der Waals surface area (Å²) in [6.07, 6.45) is 6.38. The van der Waals surface area contributed by atoms with Gasteiger partial charge in [0.25, 0.3) is 0 Å². The summed E-state index contributed by atoms with van der Waals surface area (Å²) < 4.78 is 11.8. The van der Waals surface area contributed by atoms with Crippen LogP contribution in [0.3, 0.4) is 0 Å². The number of hydrogen-bond acceptors (Lipinski definition) is 3. The molecule has 24 heavy (non-hydrogen) atoms. The predicted octanol–water partition coefficient (Wildman–Crippen LogP) is 3.96. The van der Waals surface area contributed by atoms with Gasteiger partial charge in [-0.05, 0) is 49.2 Å². The molecule has 1 N–H and O–H groups in total. The van der Waals surface area contributed by atoms with Crippen LogP contribution in [-0.4, -0.2) is 42.1 Å². The monoisotopic (exact) mass is 348 g/mol. The van der Waals surface area contributed by atoms with Crippen molar-refractivity contribution in [3.05, 3.63) is 29.8 Å². The minimum atomic E-state index is -0.356. The number of thiocarbonyl (C=S) groups is 1. The Morgan fingerprint density at radius 2 is 1.83 bits per heavy atom. The van der Waals surface area contributed by atoms with Crippen LogP contribution < -0.4 is 5.32 Å². The van der Waals surface area contributed by atoms with Crippen molar-refractivity contribution in [1.29, 1.82) is 0 Å². The number of benzene rings is 1. The second-order valence-electron chi connectivity index (χ2n) is 6.68. The highest BCUT2D eigenvalue weighted by molar-refractivity contribution is 7.80. The predicted molar refractivity (Wildman–Crippen MR) is 101 cm³/mol. The highest BCUT2D eigenvalue weighted by Crippen LogP contribution is 2.31. The minimum Gasteiger partial charge on any atom is -0.350 e. The maximum absolute atomic E-state index is 5.89. The van der Waals surface area contributed by atoms with Gasteiger partial charge in [-0.15, -0.1) is 0 Å². The number of ether oxygens (including phenoxy) is 2. The first kappa shape index (κ1) is 17.6. The van der Waals surface area contributed by atoms with Gasteiger partial charge in [0.05, 0.1) is 13.2 Å². The average Bonchev–Trinajstić information content (AvgIpc) is 2.62. The molecule has 4 nitrogen and oxygen atoms in total. The molecule has 2 aliphatic rings.